The van der Waals surface area contributed by atoms with Crippen molar-refractivity contribution in [2.45, 2.75) is 6.92 Å². The summed E-state index contributed by atoms with van der Waals surface area (Å²) in [6.45, 7) is 1.85. The van der Waals surface area contributed by atoms with Gasteiger partial charge in [0.2, 0.25) is 0 Å². The summed E-state index contributed by atoms with van der Waals surface area (Å²) in [5.74, 6) is 0.126. The first kappa shape index (κ1) is 8.42. The van der Waals surface area contributed by atoms with Crippen LogP contribution in [0, 0.1) is 6.92 Å². The fraction of sp³-hybridized carbons (Fsp3) is 0.143. The van der Waals surface area contributed by atoms with Crippen LogP contribution in [0.15, 0.2) is 12.3 Å². The van der Waals surface area contributed by atoms with E-state index in [1.807, 2.05) is 6.92 Å². The third-order valence-corrected chi connectivity index (χ3v) is 1.60. The van der Waals surface area contributed by atoms with Crippen LogP contribution in [0.2, 0.25) is 0 Å². The molecule has 14 heavy (non-hydrogen) atoms. The maximum absolute atomic E-state index is 11.4. The fourth-order valence-corrected chi connectivity index (χ4v) is 0.973. The van der Waals surface area contributed by atoms with E-state index in [1.165, 1.54) is 6.20 Å². The normalized spacial score (nSPS) is 10.1. The third-order valence-electron chi connectivity index (χ3n) is 1.60. The van der Waals surface area contributed by atoms with Gasteiger partial charge in [-0.25, -0.2) is 0 Å². The standard InChI is InChI=1S/C7H8N6O/c1-4-2-6(12-10-4)9-7(14)5-3-8-13-11-5/h2-3H,1H3,(H,8,11,13)(H2,9,10,12,14). The molecular weight excluding hydrogens is 184 g/mol. The zero-order valence-electron chi connectivity index (χ0n) is 7.40. The molecule has 72 valence electrons. The second-order valence-electron chi connectivity index (χ2n) is 2.75. The Balaban J connectivity index is 2.09. The summed E-state index contributed by atoms with van der Waals surface area (Å²) in [7, 11) is 0. The number of carbonyl (C=O) groups excluding carboxylic acids is 1. The van der Waals surface area contributed by atoms with Gasteiger partial charge in [-0.3, -0.25) is 9.89 Å². The Morgan fingerprint density at radius 1 is 1.50 bits per heavy atom. The van der Waals surface area contributed by atoms with Crippen molar-refractivity contribution < 1.29 is 4.79 Å². The number of aromatic amines is 2. The molecule has 2 aromatic heterocycles. The highest BCUT2D eigenvalue weighted by Gasteiger charge is 2.09. The van der Waals surface area contributed by atoms with E-state index in [0.717, 1.165) is 5.69 Å². The summed E-state index contributed by atoms with van der Waals surface area (Å²) in [5, 5.41) is 18.6. The van der Waals surface area contributed by atoms with E-state index in [1.54, 1.807) is 6.07 Å². The predicted octanol–water partition coefficient (Wildman–Crippen LogP) is 0.0885. The number of amides is 1. The second kappa shape index (κ2) is 3.29. The van der Waals surface area contributed by atoms with E-state index < -0.39 is 0 Å². The lowest BCUT2D eigenvalue weighted by Crippen LogP contribution is -2.12. The number of hydrogen-bond acceptors (Lipinski definition) is 4. The lowest BCUT2D eigenvalue weighted by Gasteiger charge is -1.95. The molecule has 0 saturated carbocycles. The Labute approximate surface area is 78.9 Å². The molecule has 0 saturated heterocycles. The maximum Gasteiger partial charge on any atom is 0.279 e. The third kappa shape index (κ3) is 1.60. The number of aryl methyl sites for hydroxylation is 1. The molecular formula is C7H8N6O. The molecule has 3 N–H and O–H groups in total. The molecule has 7 nitrogen and oxygen atoms in total. The predicted molar refractivity (Wildman–Crippen MR) is 47.7 cm³/mol. The average Bonchev–Trinajstić information content (AvgIpc) is 2.75. The number of nitrogens with zero attached hydrogens (tertiary/aromatic N) is 3. The number of nitrogens with one attached hydrogen (secondary N) is 3. The number of aromatic nitrogens is 5. The summed E-state index contributed by atoms with van der Waals surface area (Å²) >= 11 is 0. The van der Waals surface area contributed by atoms with E-state index in [2.05, 4.69) is 30.9 Å². The van der Waals surface area contributed by atoms with Crippen LogP contribution in [0.4, 0.5) is 5.82 Å². The van der Waals surface area contributed by atoms with Gasteiger partial charge < -0.3 is 5.32 Å². The summed E-state index contributed by atoms with van der Waals surface area (Å²) in [6.07, 6.45) is 1.34. The monoisotopic (exact) mass is 192 g/mol. The van der Waals surface area contributed by atoms with E-state index in [9.17, 15) is 4.79 Å². The van der Waals surface area contributed by atoms with E-state index in [4.69, 9.17) is 0 Å². The van der Waals surface area contributed by atoms with Crippen molar-refractivity contribution in [1.29, 1.82) is 0 Å². The maximum atomic E-state index is 11.4. The van der Waals surface area contributed by atoms with E-state index in [0.29, 0.717) is 5.82 Å². The van der Waals surface area contributed by atoms with E-state index >= 15 is 0 Å². The van der Waals surface area contributed by atoms with Crippen molar-refractivity contribution in [2.24, 2.45) is 0 Å². The molecule has 0 aliphatic heterocycles. The number of carbonyl (C=O) groups is 1. The number of anilines is 1. The quantitative estimate of drug-likeness (QED) is 0.627. The molecule has 0 atom stereocenters. The topological polar surface area (TPSA) is 99.3 Å². The molecule has 7 heteroatoms. The Kier molecular flexibility index (Phi) is 1.98. The van der Waals surface area contributed by atoms with Crippen LogP contribution in [-0.2, 0) is 0 Å². The smallest absolute Gasteiger partial charge is 0.279 e. The van der Waals surface area contributed by atoms with Crippen molar-refractivity contribution in [1.82, 2.24) is 25.6 Å². The van der Waals surface area contributed by atoms with Gasteiger partial charge in [0.05, 0.1) is 6.20 Å². The molecule has 0 aliphatic carbocycles. The first-order chi connectivity index (χ1) is 6.75. The Hall–Kier alpha value is -2.18. The second-order valence-corrected chi connectivity index (χ2v) is 2.75. The van der Waals surface area contributed by atoms with Crippen LogP contribution in [0.3, 0.4) is 0 Å². The van der Waals surface area contributed by atoms with Gasteiger partial charge in [-0.15, -0.1) is 0 Å². The van der Waals surface area contributed by atoms with Crippen molar-refractivity contribution >= 4 is 11.7 Å². The molecule has 0 fully saturated rings. The number of hydrogen-bond donors (Lipinski definition) is 3. The SMILES string of the molecule is Cc1cc(NC(=O)c2cn[nH]n2)n[nH]1. The summed E-state index contributed by atoms with van der Waals surface area (Å²) in [5.41, 5.74) is 1.10. The minimum absolute atomic E-state index is 0.227. The first-order valence-electron chi connectivity index (χ1n) is 3.95. The van der Waals surface area contributed by atoms with Gasteiger partial charge in [0, 0.05) is 11.8 Å². The van der Waals surface area contributed by atoms with E-state index in [-0.39, 0.29) is 11.6 Å². The number of rotatable bonds is 2. The van der Waals surface area contributed by atoms with Gasteiger partial charge in [-0.2, -0.15) is 20.5 Å². The fourth-order valence-electron chi connectivity index (χ4n) is 0.973. The summed E-state index contributed by atoms with van der Waals surface area (Å²) < 4.78 is 0. The van der Waals surface area contributed by atoms with Crippen molar-refractivity contribution in [3.63, 3.8) is 0 Å². The largest absolute Gasteiger partial charge is 0.304 e. The van der Waals surface area contributed by atoms with Crippen molar-refractivity contribution in [2.75, 3.05) is 5.32 Å². The molecule has 2 aromatic rings. The minimum Gasteiger partial charge on any atom is -0.304 e. The molecule has 0 aliphatic rings. The summed E-state index contributed by atoms with van der Waals surface area (Å²) in [6, 6.07) is 1.72. The Morgan fingerprint density at radius 2 is 2.36 bits per heavy atom. The van der Waals surface area contributed by atoms with Gasteiger partial charge >= 0.3 is 0 Å². The van der Waals surface area contributed by atoms with Crippen LogP contribution in [0.25, 0.3) is 0 Å². The molecule has 2 heterocycles. The lowest BCUT2D eigenvalue weighted by atomic mass is 10.4. The zero-order valence-corrected chi connectivity index (χ0v) is 7.40. The summed E-state index contributed by atoms with van der Waals surface area (Å²) in [4.78, 5) is 11.4. The van der Waals surface area contributed by atoms with Gasteiger partial charge in [0.1, 0.15) is 0 Å². The minimum atomic E-state index is -0.342. The lowest BCUT2D eigenvalue weighted by molar-refractivity contribution is 0.102. The molecule has 0 bridgehead atoms. The Morgan fingerprint density at radius 3 is 2.93 bits per heavy atom. The highest BCUT2D eigenvalue weighted by molar-refractivity contribution is 6.01. The molecule has 1 amide bonds. The van der Waals surface area contributed by atoms with Gasteiger partial charge in [-0.05, 0) is 6.92 Å². The van der Waals surface area contributed by atoms with Gasteiger partial charge in [0.25, 0.3) is 5.91 Å². The number of H-pyrrole nitrogens is 2. The van der Waals surface area contributed by atoms with Crippen LogP contribution in [0.5, 0.6) is 0 Å². The van der Waals surface area contributed by atoms with Crippen LogP contribution in [0.1, 0.15) is 16.2 Å². The van der Waals surface area contributed by atoms with Crippen LogP contribution >= 0.6 is 0 Å². The van der Waals surface area contributed by atoms with Gasteiger partial charge in [0.15, 0.2) is 11.5 Å². The molecule has 2 rings (SSSR count). The first-order valence-corrected chi connectivity index (χ1v) is 3.95. The average molecular weight is 192 g/mol. The van der Waals surface area contributed by atoms with Crippen LogP contribution in [-0.4, -0.2) is 31.5 Å². The zero-order chi connectivity index (χ0) is 9.97. The molecule has 0 radical (unpaired) electrons. The van der Waals surface area contributed by atoms with Crippen LogP contribution < -0.4 is 5.32 Å². The highest BCUT2D eigenvalue weighted by Crippen LogP contribution is 2.04. The molecule has 0 unspecified atom stereocenters. The molecule has 0 spiro atoms. The van der Waals surface area contributed by atoms with Crippen molar-refractivity contribution in [3.8, 4) is 0 Å². The Bertz CT molecular complexity index is 431. The van der Waals surface area contributed by atoms with Crippen molar-refractivity contribution in [3.05, 3.63) is 23.7 Å². The molecule has 0 aromatic carbocycles. The van der Waals surface area contributed by atoms with Gasteiger partial charge in [-0.1, -0.05) is 0 Å². The highest BCUT2D eigenvalue weighted by atomic mass is 16.2.